The summed E-state index contributed by atoms with van der Waals surface area (Å²) in [5.74, 6) is 0.627. The summed E-state index contributed by atoms with van der Waals surface area (Å²) in [5, 5.41) is 6.17. The molecule has 2 aromatic heterocycles. The van der Waals surface area contributed by atoms with Crippen LogP contribution in [-0.4, -0.2) is 44.1 Å². The van der Waals surface area contributed by atoms with E-state index < -0.39 is 5.82 Å². The summed E-state index contributed by atoms with van der Waals surface area (Å²) in [5.41, 5.74) is 7.74. The number of hydrogen-bond acceptors (Lipinski definition) is 8. The normalized spacial score (nSPS) is 20.9. The third-order valence-corrected chi connectivity index (χ3v) is 6.55. The zero-order valence-electron chi connectivity index (χ0n) is 18.5. The van der Waals surface area contributed by atoms with Crippen molar-refractivity contribution in [2.45, 2.75) is 50.9 Å². The average molecular weight is 468 g/mol. The number of nitrogens with one attached hydrogen (secondary N) is 2. The van der Waals surface area contributed by atoms with E-state index in [1.165, 1.54) is 22.9 Å². The van der Waals surface area contributed by atoms with E-state index in [-0.39, 0.29) is 30.0 Å². The number of carbonyl (C=O) groups excluding carboxylic acids is 1. The number of halogens is 1. The van der Waals surface area contributed by atoms with Gasteiger partial charge in [0.1, 0.15) is 17.3 Å². The number of fused-ring (bicyclic) bond motifs is 2. The largest absolute Gasteiger partial charge is 0.466 e. The topological polar surface area (TPSA) is 137 Å². The smallest absolute Gasteiger partial charge is 0.269 e. The molecule has 1 aromatic carbocycles. The van der Waals surface area contributed by atoms with Crippen LogP contribution in [0.5, 0.6) is 5.88 Å². The Morgan fingerprint density at radius 3 is 2.85 bits per heavy atom. The number of anilines is 1. The fourth-order valence-electron chi connectivity index (χ4n) is 4.67. The van der Waals surface area contributed by atoms with Gasteiger partial charge in [0.25, 0.3) is 11.5 Å². The standard InChI is InChI=1S/C23H26FN7O3/c24-14-3-6-17-19(7-14)31(22(33)10-27-17)11-16(25)13-1-4-15(5-2-13)26-9-20-28-8-18-23(30-20)34-12-21(32)29-18/h3,6-8,10,13,15-16,26H,1-2,4-5,9,11-12,25H2,(H,29,32). The summed E-state index contributed by atoms with van der Waals surface area (Å²) in [6.45, 7) is 0.775. The molecule has 0 bridgehead atoms. The van der Waals surface area contributed by atoms with E-state index in [9.17, 15) is 14.0 Å². The van der Waals surface area contributed by atoms with E-state index in [0.717, 1.165) is 25.7 Å². The minimum Gasteiger partial charge on any atom is -0.466 e. The minimum absolute atomic E-state index is 0.0441. The Bertz CT molecular complexity index is 1270. The number of nitrogens with zero attached hydrogens (tertiary/aromatic N) is 4. The molecule has 1 saturated carbocycles. The van der Waals surface area contributed by atoms with Crippen LogP contribution in [0.1, 0.15) is 31.5 Å². The molecule has 1 fully saturated rings. The molecule has 1 amide bonds. The Balaban J connectivity index is 1.16. The van der Waals surface area contributed by atoms with Gasteiger partial charge in [0, 0.05) is 18.6 Å². The second kappa shape index (κ2) is 9.43. The summed E-state index contributed by atoms with van der Waals surface area (Å²) in [7, 11) is 0. The first-order chi connectivity index (χ1) is 16.5. The number of benzene rings is 1. The summed E-state index contributed by atoms with van der Waals surface area (Å²) in [6.07, 6.45) is 6.54. The molecule has 4 N–H and O–H groups in total. The third kappa shape index (κ3) is 4.75. The molecule has 3 aromatic rings. The number of rotatable bonds is 6. The van der Waals surface area contributed by atoms with Gasteiger partial charge in [-0.25, -0.2) is 14.4 Å². The second-order valence-electron chi connectivity index (χ2n) is 8.84. The highest BCUT2D eigenvalue weighted by Gasteiger charge is 2.27. The molecular formula is C23H26FN7O3. The summed E-state index contributed by atoms with van der Waals surface area (Å²) in [6, 6.07) is 4.32. The van der Waals surface area contributed by atoms with Gasteiger partial charge < -0.3 is 25.7 Å². The van der Waals surface area contributed by atoms with Gasteiger partial charge in [0.05, 0.1) is 30.0 Å². The molecule has 0 spiro atoms. The molecule has 34 heavy (non-hydrogen) atoms. The number of amides is 1. The van der Waals surface area contributed by atoms with Crippen molar-refractivity contribution in [2.75, 3.05) is 11.9 Å². The fraction of sp³-hybridized carbons (Fsp3) is 0.435. The number of aromatic nitrogens is 4. The fourth-order valence-corrected chi connectivity index (χ4v) is 4.67. The van der Waals surface area contributed by atoms with Crippen LogP contribution in [0.2, 0.25) is 0 Å². The first-order valence-electron chi connectivity index (χ1n) is 11.4. The van der Waals surface area contributed by atoms with Crippen molar-refractivity contribution in [3.63, 3.8) is 0 Å². The maximum absolute atomic E-state index is 13.8. The van der Waals surface area contributed by atoms with E-state index in [4.69, 9.17) is 10.5 Å². The predicted octanol–water partition coefficient (Wildman–Crippen LogP) is 1.33. The molecule has 1 atom stereocenters. The van der Waals surface area contributed by atoms with Gasteiger partial charge in [-0.2, -0.15) is 4.98 Å². The molecule has 0 radical (unpaired) electrons. The van der Waals surface area contributed by atoms with Crippen LogP contribution < -0.4 is 26.7 Å². The van der Waals surface area contributed by atoms with E-state index >= 15 is 0 Å². The number of ether oxygens (including phenoxy) is 1. The van der Waals surface area contributed by atoms with Gasteiger partial charge in [-0.1, -0.05) is 0 Å². The molecule has 1 unspecified atom stereocenters. The molecule has 1 aliphatic heterocycles. The first-order valence-corrected chi connectivity index (χ1v) is 11.4. The van der Waals surface area contributed by atoms with Crippen molar-refractivity contribution in [3.8, 4) is 5.88 Å². The lowest BCUT2D eigenvalue weighted by atomic mass is 9.81. The molecule has 5 rings (SSSR count). The van der Waals surface area contributed by atoms with Gasteiger partial charge in [-0.3, -0.25) is 9.59 Å². The molecule has 0 saturated heterocycles. The van der Waals surface area contributed by atoms with E-state index in [2.05, 4.69) is 25.6 Å². The second-order valence-corrected chi connectivity index (χ2v) is 8.84. The van der Waals surface area contributed by atoms with Crippen molar-refractivity contribution < 1.29 is 13.9 Å². The van der Waals surface area contributed by atoms with Crippen molar-refractivity contribution in [2.24, 2.45) is 11.7 Å². The van der Waals surface area contributed by atoms with Crippen LogP contribution in [0.25, 0.3) is 11.0 Å². The maximum atomic E-state index is 13.8. The van der Waals surface area contributed by atoms with Gasteiger partial charge in [0.2, 0.25) is 5.88 Å². The van der Waals surface area contributed by atoms with Crippen molar-refractivity contribution in [1.29, 1.82) is 0 Å². The van der Waals surface area contributed by atoms with Gasteiger partial charge in [-0.15, -0.1) is 0 Å². The maximum Gasteiger partial charge on any atom is 0.269 e. The summed E-state index contributed by atoms with van der Waals surface area (Å²) in [4.78, 5) is 36.5. The number of carbonyl (C=O) groups is 1. The highest BCUT2D eigenvalue weighted by atomic mass is 19.1. The highest BCUT2D eigenvalue weighted by Crippen LogP contribution is 2.28. The van der Waals surface area contributed by atoms with Crippen LogP contribution in [0, 0.1) is 11.7 Å². The zero-order chi connectivity index (χ0) is 23.7. The predicted molar refractivity (Wildman–Crippen MR) is 123 cm³/mol. The Labute approximate surface area is 194 Å². The van der Waals surface area contributed by atoms with Crippen LogP contribution in [0.4, 0.5) is 10.1 Å². The molecule has 1 aliphatic carbocycles. The number of hydrogen-bond donors (Lipinski definition) is 3. The SMILES string of the molecule is NC(Cn1c(=O)cnc2ccc(F)cc21)C1CCC(NCc2ncc3c(n2)OCC(=O)N3)CC1. The zero-order valence-corrected chi connectivity index (χ0v) is 18.5. The van der Waals surface area contributed by atoms with Gasteiger partial charge in [-0.05, 0) is 49.8 Å². The summed E-state index contributed by atoms with van der Waals surface area (Å²) < 4.78 is 20.6. The monoisotopic (exact) mass is 467 g/mol. The van der Waals surface area contributed by atoms with Crippen LogP contribution >= 0.6 is 0 Å². The number of nitrogens with two attached hydrogens (primary N) is 1. The molecule has 2 aliphatic rings. The molecule has 11 heteroatoms. The molecule has 3 heterocycles. The van der Waals surface area contributed by atoms with Crippen molar-refractivity contribution in [1.82, 2.24) is 24.8 Å². The van der Waals surface area contributed by atoms with Crippen LogP contribution in [-0.2, 0) is 17.9 Å². The van der Waals surface area contributed by atoms with E-state index in [1.54, 1.807) is 12.3 Å². The lowest BCUT2D eigenvalue weighted by Gasteiger charge is -2.33. The quantitative estimate of drug-likeness (QED) is 0.494. The van der Waals surface area contributed by atoms with Gasteiger partial charge in [0.15, 0.2) is 6.61 Å². The molecular weight excluding hydrogens is 441 g/mol. The summed E-state index contributed by atoms with van der Waals surface area (Å²) >= 11 is 0. The lowest BCUT2D eigenvalue weighted by Crippen LogP contribution is -2.42. The third-order valence-electron chi connectivity index (χ3n) is 6.55. The van der Waals surface area contributed by atoms with Crippen LogP contribution in [0.3, 0.4) is 0 Å². The molecule has 178 valence electrons. The minimum atomic E-state index is -0.409. The Hall–Kier alpha value is -3.44. The Morgan fingerprint density at radius 1 is 1.21 bits per heavy atom. The first kappa shape index (κ1) is 22.4. The highest BCUT2D eigenvalue weighted by molar-refractivity contribution is 5.94. The Morgan fingerprint density at radius 2 is 2.03 bits per heavy atom. The molecule has 10 nitrogen and oxygen atoms in total. The van der Waals surface area contributed by atoms with E-state index in [0.29, 0.717) is 47.6 Å². The average Bonchev–Trinajstić information content (AvgIpc) is 2.84. The Kier molecular flexibility index (Phi) is 6.20. The van der Waals surface area contributed by atoms with Crippen molar-refractivity contribution in [3.05, 3.63) is 52.6 Å². The lowest BCUT2D eigenvalue weighted by molar-refractivity contribution is -0.118. The van der Waals surface area contributed by atoms with E-state index in [1.807, 2.05) is 0 Å². The van der Waals surface area contributed by atoms with Gasteiger partial charge >= 0.3 is 0 Å². The van der Waals surface area contributed by atoms with Crippen molar-refractivity contribution >= 4 is 22.6 Å². The van der Waals surface area contributed by atoms with Crippen LogP contribution in [0.15, 0.2) is 35.4 Å².